The third kappa shape index (κ3) is 3.33. The summed E-state index contributed by atoms with van der Waals surface area (Å²) in [7, 11) is 1.19. The van der Waals surface area contributed by atoms with E-state index >= 15 is 0 Å². The van der Waals surface area contributed by atoms with E-state index < -0.39 is 29.6 Å². The Labute approximate surface area is 89.7 Å². The molecule has 0 bridgehead atoms. The van der Waals surface area contributed by atoms with Gasteiger partial charge >= 0.3 is 5.97 Å². The minimum atomic E-state index is -2.56. The van der Waals surface area contributed by atoms with Crippen LogP contribution in [0.2, 0.25) is 0 Å². The standard InChI is InChI=1S/C8H11F2NO3S/c1-14-8(13)4-3-15-5(7(9)10)2-6(12)11-4/h4-5,7H,2-3H2,1H3,(H,11,12). The van der Waals surface area contributed by atoms with Crippen LogP contribution in [0.3, 0.4) is 0 Å². The van der Waals surface area contributed by atoms with E-state index in [1.807, 2.05) is 0 Å². The smallest absolute Gasteiger partial charge is 0.329 e. The SMILES string of the molecule is COC(=O)C1CSC(C(F)F)CC(=O)N1. The number of nitrogens with one attached hydrogen (secondary N) is 1. The highest BCUT2D eigenvalue weighted by molar-refractivity contribution is 8.00. The van der Waals surface area contributed by atoms with Crippen molar-refractivity contribution in [2.24, 2.45) is 0 Å². The van der Waals surface area contributed by atoms with Crippen molar-refractivity contribution >= 4 is 23.6 Å². The highest BCUT2D eigenvalue weighted by atomic mass is 32.2. The van der Waals surface area contributed by atoms with Gasteiger partial charge in [0.2, 0.25) is 5.91 Å². The van der Waals surface area contributed by atoms with Gasteiger partial charge in [-0.3, -0.25) is 4.79 Å². The second-order valence-electron chi connectivity index (χ2n) is 3.05. The third-order valence-electron chi connectivity index (χ3n) is 1.97. The van der Waals surface area contributed by atoms with Crippen LogP contribution in [0.1, 0.15) is 6.42 Å². The molecule has 1 aliphatic rings. The zero-order valence-electron chi connectivity index (χ0n) is 8.04. The number of hydrogen-bond acceptors (Lipinski definition) is 4. The Morgan fingerprint density at radius 1 is 1.67 bits per heavy atom. The van der Waals surface area contributed by atoms with E-state index in [0.29, 0.717) is 0 Å². The van der Waals surface area contributed by atoms with E-state index in [2.05, 4.69) is 10.1 Å². The van der Waals surface area contributed by atoms with Crippen molar-refractivity contribution in [2.45, 2.75) is 24.1 Å². The lowest BCUT2D eigenvalue weighted by Gasteiger charge is -2.12. The van der Waals surface area contributed by atoms with Crippen molar-refractivity contribution in [1.29, 1.82) is 0 Å². The van der Waals surface area contributed by atoms with Gasteiger partial charge in [0.15, 0.2) is 0 Å². The highest BCUT2D eigenvalue weighted by Crippen LogP contribution is 2.25. The van der Waals surface area contributed by atoms with Crippen molar-refractivity contribution < 1.29 is 23.1 Å². The second kappa shape index (κ2) is 5.29. The summed E-state index contributed by atoms with van der Waals surface area (Å²) in [6.45, 7) is 0. The summed E-state index contributed by atoms with van der Waals surface area (Å²) in [5.41, 5.74) is 0. The maximum atomic E-state index is 12.4. The molecule has 0 radical (unpaired) electrons. The maximum absolute atomic E-state index is 12.4. The van der Waals surface area contributed by atoms with Crippen molar-refractivity contribution in [1.82, 2.24) is 5.32 Å². The molecule has 0 aromatic carbocycles. The Morgan fingerprint density at radius 3 is 2.87 bits per heavy atom. The quantitative estimate of drug-likeness (QED) is 0.709. The van der Waals surface area contributed by atoms with Gasteiger partial charge in [-0.25, -0.2) is 13.6 Å². The molecule has 1 heterocycles. The summed E-state index contributed by atoms with van der Waals surface area (Å²) < 4.78 is 29.2. The van der Waals surface area contributed by atoms with E-state index in [-0.39, 0.29) is 12.2 Å². The lowest BCUT2D eigenvalue weighted by atomic mass is 10.2. The molecule has 2 unspecified atom stereocenters. The van der Waals surface area contributed by atoms with Gasteiger partial charge in [0.05, 0.1) is 12.4 Å². The molecule has 7 heteroatoms. The van der Waals surface area contributed by atoms with Crippen LogP contribution in [0.15, 0.2) is 0 Å². The van der Waals surface area contributed by atoms with E-state index in [0.717, 1.165) is 11.8 Å². The average molecular weight is 239 g/mol. The fourth-order valence-corrected chi connectivity index (χ4v) is 2.26. The van der Waals surface area contributed by atoms with E-state index in [4.69, 9.17) is 0 Å². The Balaban J connectivity index is 2.62. The van der Waals surface area contributed by atoms with Crippen molar-refractivity contribution in [3.63, 3.8) is 0 Å². The number of alkyl halides is 2. The maximum Gasteiger partial charge on any atom is 0.329 e. The van der Waals surface area contributed by atoms with Gasteiger partial charge in [-0.15, -0.1) is 11.8 Å². The van der Waals surface area contributed by atoms with Crippen LogP contribution in [0.4, 0.5) is 8.78 Å². The van der Waals surface area contributed by atoms with Gasteiger partial charge in [0.1, 0.15) is 6.04 Å². The van der Waals surface area contributed by atoms with Crippen molar-refractivity contribution in [2.75, 3.05) is 12.9 Å². The molecule has 1 rings (SSSR count). The summed E-state index contributed by atoms with van der Waals surface area (Å²) in [4.78, 5) is 22.3. The minimum absolute atomic E-state index is 0.118. The van der Waals surface area contributed by atoms with Gasteiger partial charge in [0.25, 0.3) is 6.43 Å². The molecule has 15 heavy (non-hydrogen) atoms. The van der Waals surface area contributed by atoms with Gasteiger partial charge in [-0.2, -0.15) is 0 Å². The summed E-state index contributed by atoms with van der Waals surface area (Å²) in [5.74, 6) is -1.03. The number of thioether (sulfide) groups is 1. The first-order chi connectivity index (χ1) is 7.04. The Bertz CT molecular complexity index is 262. The Hall–Kier alpha value is -0.850. The molecule has 4 nitrogen and oxygen atoms in total. The van der Waals surface area contributed by atoms with Crippen molar-refractivity contribution in [3.8, 4) is 0 Å². The third-order valence-corrected chi connectivity index (χ3v) is 3.29. The number of rotatable bonds is 2. The lowest BCUT2D eigenvalue weighted by molar-refractivity contribution is -0.144. The van der Waals surface area contributed by atoms with E-state index in [1.54, 1.807) is 0 Å². The number of hydrogen-bond donors (Lipinski definition) is 1. The Kier molecular flexibility index (Phi) is 4.31. The number of carbonyl (C=O) groups is 2. The van der Waals surface area contributed by atoms with Gasteiger partial charge in [-0.1, -0.05) is 0 Å². The largest absolute Gasteiger partial charge is 0.467 e. The Morgan fingerprint density at radius 2 is 2.33 bits per heavy atom. The van der Waals surface area contributed by atoms with Crippen LogP contribution < -0.4 is 5.32 Å². The number of carbonyl (C=O) groups excluding carboxylic acids is 2. The van der Waals surface area contributed by atoms with Crippen LogP contribution in [-0.2, 0) is 14.3 Å². The predicted octanol–water partition coefficient (Wildman–Crippen LogP) is 0.415. The number of halogens is 2. The first kappa shape index (κ1) is 12.2. The molecule has 0 aliphatic carbocycles. The number of ether oxygens (including phenoxy) is 1. The molecule has 1 amide bonds. The normalized spacial score (nSPS) is 27.1. The molecule has 0 aromatic rings. The molecule has 2 atom stereocenters. The van der Waals surface area contributed by atoms with Crippen molar-refractivity contribution in [3.05, 3.63) is 0 Å². The van der Waals surface area contributed by atoms with Gasteiger partial charge < -0.3 is 10.1 Å². The van der Waals surface area contributed by atoms with E-state index in [1.165, 1.54) is 7.11 Å². The number of amides is 1. The molecule has 1 aliphatic heterocycles. The summed E-state index contributed by atoms with van der Waals surface area (Å²) in [5, 5.41) is 1.30. The van der Waals surface area contributed by atoms with Crippen LogP contribution in [0, 0.1) is 0 Å². The molecule has 0 aromatic heterocycles. The highest BCUT2D eigenvalue weighted by Gasteiger charge is 2.32. The van der Waals surface area contributed by atoms with Crippen LogP contribution in [0.5, 0.6) is 0 Å². The molecule has 0 saturated carbocycles. The zero-order chi connectivity index (χ0) is 11.4. The molecule has 0 spiro atoms. The molecule has 1 N–H and O–H groups in total. The summed E-state index contributed by atoms with van der Waals surface area (Å²) >= 11 is 0.914. The fraction of sp³-hybridized carbons (Fsp3) is 0.750. The molecule has 1 saturated heterocycles. The average Bonchev–Trinajstić information content (AvgIpc) is 2.38. The van der Waals surface area contributed by atoms with Gasteiger partial charge in [-0.05, 0) is 0 Å². The fourth-order valence-electron chi connectivity index (χ4n) is 1.19. The van der Waals surface area contributed by atoms with Gasteiger partial charge in [0, 0.05) is 12.2 Å². The monoisotopic (exact) mass is 239 g/mol. The zero-order valence-corrected chi connectivity index (χ0v) is 8.85. The summed E-state index contributed by atoms with van der Waals surface area (Å²) in [6.07, 6.45) is -2.83. The first-order valence-electron chi connectivity index (χ1n) is 4.31. The van der Waals surface area contributed by atoms with Crippen LogP contribution in [0.25, 0.3) is 0 Å². The number of methoxy groups -OCH3 is 1. The lowest BCUT2D eigenvalue weighted by Crippen LogP contribution is -2.41. The molecular formula is C8H11F2NO3S. The van der Waals surface area contributed by atoms with Crippen LogP contribution >= 0.6 is 11.8 Å². The molecule has 86 valence electrons. The first-order valence-corrected chi connectivity index (χ1v) is 5.36. The summed E-state index contributed by atoms with van der Waals surface area (Å²) in [6, 6.07) is -0.823. The molecule has 1 fully saturated rings. The van der Waals surface area contributed by atoms with Crippen LogP contribution in [-0.4, -0.2) is 42.5 Å². The van der Waals surface area contributed by atoms with E-state index in [9.17, 15) is 18.4 Å². The minimum Gasteiger partial charge on any atom is -0.467 e. The topological polar surface area (TPSA) is 55.4 Å². The number of esters is 1. The second-order valence-corrected chi connectivity index (χ2v) is 4.33. The molecular weight excluding hydrogens is 228 g/mol. The predicted molar refractivity (Wildman–Crippen MR) is 50.8 cm³/mol.